The smallest absolute Gasteiger partial charge is 0.305 e. The summed E-state index contributed by atoms with van der Waals surface area (Å²) in [6, 6.07) is 9.55. The first-order valence-corrected chi connectivity index (χ1v) is 45.2. The van der Waals surface area contributed by atoms with Gasteiger partial charge < -0.3 is 120 Å². The van der Waals surface area contributed by atoms with Gasteiger partial charge in [-0.3, -0.25) is 76.7 Å². The Morgan fingerprint density at radius 1 is 0.541 bits per heavy atom. The summed E-state index contributed by atoms with van der Waals surface area (Å²) < 4.78 is 44.9. The number of likely N-dealkylation sites (N-methyl/N-ethyl adjacent to an activating group) is 3. The average Bonchev–Trinajstić information content (AvgIpc) is 1.62. The maximum Gasteiger partial charge on any atom is 0.305 e. The van der Waals surface area contributed by atoms with E-state index in [-0.39, 0.29) is 81.4 Å². The fourth-order valence-corrected chi connectivity index (χ4v) is 16.7. The monoisotopic (exact) mass is 1900 g/mol. The number of carbonyl (C=O) groups is 17. The third-order valence-corrected chi connectivity index (χ3v) is 24.4. The number of benzene rings is 5. The van der Waals surface area contributed by atoms with E-state index in [1.165, 1.54) is 38.4 Å². The van der Waals surface area contributed by atoms with Crippen LogP contribution in [0.3, 0.4) is 0 Å². The molecule has 2 fully saturated rings. The highest BCUT2D eigenvalue weighted by molar-refractivity contribution is 8.00. The van der Waals surface area contributed by atoms with Gasteiger partial charge in [-0.15, -0.1) is 11.8 Å². The predicted molar refractivity (Wildman–Crippen MR) is 486 cm³/mol. The molecule has 39 nitrogen and oxygen atoms in total. The lowest BCUT2D eigenvalue weighted by Crippen LogP contribution is -2.61. The van der Waals surface area contributed by atoms with Gasteiger partial charge in [0.1, 0.15) is 78.5 Å². The Morgan fingerprint density at radius 2 is 1.06 bits per heavy atom. The number of hydrogen-bond donors (Lipinski definition) is 17. The number of H-pyrrole nitrogens is 1. The molecule has 3 heterocycles. The van der Waals surface area contributed by atoms with E-state index in [0.717, 1.165) is 31.5 Å². The first kappa shape index (κ1) is 107. The van der Waals surface area contributed by atoms with Crippen molar-refractivity contribution in [3.63, 3.8) is 0 Å². The van der Waals surface area contributed by atoms with E-state index in [1.807, 2.05) is 0 Å². The van der Waals surface area contributed by atoms with Gasteiger partial charge in [0.2, 0.25) is 88.6 Å². The fraction of sp³-hybridized carbons (Fsp3) is 0.467. The molecular formula is C92H119F3N18O21S. The number of primary amides is 2. The fourth-order valence-electron chi connectivity index (χ4n) is 15.9. The van der Waals surface area contributed by atoms with Crippen molar-refractivity contribution in [3.8, 4) is 5.75 Å². The molecule has 0 spiro atoms. The number of thioether (sulfide) groups is 1. The van der Waals surface area contributed by atoms with Crippen molar-refractivity contribution in [1.82, 2.24) is 72.0 Å². The number of aliphatic carboxylic acids is 1. The van der Waals surface area contributed by atoms with Crippen LogP contribution in [-0.4, -0.2) is 300 Å². The zero-order valence-corrected chi connectivity index (χ0v) is 76.4. The van der Waals surface area contributed by atoms with Gasteiger partial charge in [-0.25, -0.2) is 13.2 Å². The number of fused-ring (bicyclic) bond motifs is 1. The number of carboxylic acids is 1. The number of aromatic amines is 1. The SMILES string of the molecule is CCCC[C@@H](C(=O)N1C[C@H](O)C[C@@H]1C(=O)N[C@H](C=O)CC(=O)O)N(C)C(=O)[C@H](Cc1ccccc1)N(C)C(=O)[C@H](Cc1cc(F)c(F)c(F)c1)NC(=O)CSC[C@H](NC(=O)[C@H](CCCCN)NC(=O)[C@H](Cc1ccc(O)cc1)NC(=O)[C@H](Cc1c[nH]c2ccccc12)NC(=O)[C@H]1C[C@@H](O)CN1C(=O)[C@H](CC(N)=O)NC(=O)C(Cc1ccccc1)N(C)C(=O)[C@@H](N)C(C)C)C(=O)NCC(N)=O. The van der Waals surface area contributed by atoms with Crippen molar-refractivity contribution in [2.75, 3.05) is 58.8 Å². The molecule has 43 heteroatoms. The summed E-state index contributed by atoms with van der Waals surface area (Å²) >= 11 is 0.631. The van der Waals surface area contributed by atoms with Crippen LogP contribution in [0.4, 0.5) is 13.2 Å². The minimum Gasteiger partial charge on any atom is -0.508 e. The molecule has 1 aromatic heterocycles. The predicted octanol–water partition coefficient (Wildman–Crippen LogP) is -1.21. The number of carbonyl (C=O) groups excluding carboxylic acids is 16. The molecule has 21 N–H and O–H groups in total. The quantitative estimate of drug-likeness (QED) is 0.0121. The summed E-state index contributed by atoms with van der Waals surface area (Å²) in [5.41, 5.74) is 25.3. The Hall–Kier alpha value is -13.4. The Bertz CT molecular complexity index is 5180. The highest BCUT2D eigenvalue weighted by Crippen LogP contribution is 2.29. The molecule has 15 atom stereocenters. The molecule has 730 valence electrons. The second-order valence-electron chi connectivity index (χ2n) is 33.9. The van der Waals surface area contributed by atoms with Crippen LogP contribution in [-0.2, 0) is 114 Å². The summed E-state index contributed by atoms with van der Waals surface area (Å²) in [4.78, 5) is 249. The van der Waals surface area contributed by atoms with Crippen LogP contribution in [0.2, 0.25) is 0 Å². The van der Waals surface area contributed by atoms with Gasteiger partial charge in [0.05, 0.1) is 49.4 Å². The number of amides is 15. The van der Waals surface area contributed by atoms with E-state index in [9.17, 15) is 77.6 Å². The van der Waals surface area contributed by atoms with Gasteiger partial charge >= 0.3 is 5.97 Å². The number of carboxylic acid groups (broad SMARTS) is 1. The van der Waals surface area contributed by atoms with Crippen LogP contribution < -0.4 is 65.5 Å². The van der Waals surface area contributed by atoms with Gasteiger partial charge in [0.25, 0.3) is 0 Å². The van der Waals surface area contributed by atoms with Crippen molar-refractivity contribution < 1.29 is 115 Å². The van der Waals surface area contributed by atoms with E-state index in [4.69, 9.17) is 22.9 Å². The summed E-state index contributed by atoms with van der Waals surface area (Å²) in [6.07, 6.45) is -4.50. The molecule has 2 saturated heterocycles. The van der Waals surface area contributed by atoms with Crippen LogP contribution in [0.1, 0.15) is 113 Å². The van der Waals surface area contributed by atoms with Crippen molar-refractivity contribution in [1.29, 1.82) is 0 Å². The maximum absolute atomic E-state index is 15.4. The molecule has 135 heavy (non-hydrogen) atoms. The third kappa shape index (κ3) is 30.8. The Balaban J connectivity index is 1.05. The zero-order chi connectivity index (χ0) is 99.2. The van der Waals surface area contributed by atoms with Gasteiger partial charge in [0.15, 0.2) is 17.5 Å². The van der Waals surface area contributed by atoms with Crippen LogP contribution in [0, 0.1) is 23.4 Å². The number of aliphatic hydroxyl groups is 2. The minimum absolute atomic E-state index is 0.0560. The van der Waals surface area contributed by atoms with Crippen LogP contribution in [0.15, 0.2) is 128 Å². The number of aromatic nitrogens is 1. The molecule has 2 aliphatic heterocycles. The molecule has 0 radical (unpaired) electrons. The van der Waals surface area contributed by atoms with E-state index in [2.05, 4.69) is 47.5 Å². The van der Waals surface area contributed by atoms with Gasteiger partial charge in [-0.2, -0.15) is 0 Å². The first-order valence-electron chi connectivity index (χ1n) is 44.1. The van der Waals surface area contributed by atoms with Crippen molar-refractivity contribution in [2.45, 2.75) is 208 Å². The lowest BCUT2D eigenvalue weighted by atomic mass is 9.99. The Kier molecular flexibility index (Phi) is 40.5. The summed E-state index contributed by atoms with van der Waals surface area (Å²) in [7, 11) is 3.77. The normalized spacial score (nSPS) is 17.1. The Labute approximate surface area is 781 Å². The van der Waals surface area contributed by atoms with Gasteiger partial charge in [-0.05, 0) is 96.3 Å². The standard InChI is InChI=1S/C92H119F3N18O21S/c1-7-8-26-70(91(133)113-46-59(117)40-72(113)86(128)102-56(47-114)39-78(121)122)109(4)90(132)74(37-52-21-13-10-14-22-52)111(6)88(130)67(35-54-32-61(93)79(95)62(94)33-54)103-77(120)49-135-48-69(81(123)101-44-76(98)119)108-82(124)64(25-17-18-31-96)104-83(125)65(34-53-27-29-57(115)30-28-53)105-84(126)66(38-55-43-100-63-24-16-15-23-60(55)63)106-87(129)73-41-58(116)45-112(73)89(131)68(42-75(97)118)107-85(127)71(36-51-19-11-9-12-20-51)110(5)92(134)80(99)50(2)3/h9-16,19-24,27-30,32-33,43,47,50,56,58-59,64-74,80,100,115-117H,7-8,17-18,25-26,31,34-42,44-46,48-49,96,99H2,1-6H3,(H2,97,118)(H2,98,119)(H,101,123)(H,102,128)(H,103,120)(H,104,125)(H,105,126)(H,106,129)(H,107,127)(H,108,124)(H,121,122)/t56-,58+,59+,64-,65-,66-,67-,68-,69-,70-,71?,72+,73+,74-,80-/m0/s1. The number of unbranched alkanes of at least 4 members (excludes halogenated alkanes) is 2. The molecule has 2 aliphatic rings. The maximum atomic E-state index is 15.4. The molecule has 0 saturated carbocycles. The van der Waals surface area contributed by atoms with E-state index >= 15 is 37.5 Å². The number of phenols is 1. The molecule has 6 aromatic rings. The minimum atomic E-state index is -1.90. The number of likely N-dealkylation sites (tertiary alicyclic amines) is 2. The number of nitrogens with one attached hydrogen (secondary N) is 9. The number of hydrogen-bond acceptors (Lipinski definition) is 23. The van der Waals surface area contributed by atoms with Crippen molar-refractivity contribution >= 4 is 124 Å². The lowest BCUT2D eigenvalue weighted by Gasteiger charge is -2.37. The van der Waals surface area contributed by atoms with Crippen LogP contribution >= 0.6 is 11.8 Å². The molecule has 0 aliphatic carbocycles. The number of aliphatic hydroxyl groups excluding tert-OH is 2. The Morgan fingerprint density at radius 3 is 1.63 bits per heavy atom. The van der Waals surface area contributed by atoms with Gasteiger partial charge in [0, 0.05) is 102 Å². The second kappa shape index (κ2) is 51.2. The van der Waals surface area contributed by atoms with E-state index < -0.39 is 266 Å². The molecular weight excluding hydrogens is 1780 g/mol. The highest BCUT2D eigenvalue weighted by Gasteiger charge is 2.48. The van der Waals surface area contributed by atoms with E-state index in [0.29, 0.717) is 69.9 Å². The number of rotatable bonds is 51. The van der Waals surface area contributed by atoms with Crippen LogP contribution in [0.5, 0.6) is 5.75 Å². The molecule has 8 rings (SSSR count). The number of para-hydroxylation sites is 1. The number of halogens is 3. The summed E-state index contributed by atoms with van der Waals surface area (Å²) in [6.45, 7) is 3.49. The molecule has 5 aromatic carbocycles. The number of aromatic hydroxyl groups is 1. The summed E-state index contributed by atoms with van der Waals surface area (Å²) in [5, 5.41) is 62.7. The molecule has 0 bridgehead atoms. The van der Waals surface area contributed by atoms with Crippen LogP contribution in [0.25, 0.3) is 10.9 Å². The molecule has 1 unspecified atom stereocenters. The number of phenolic OH excluding ortho intramolecular Hbond substituents is 1. The number of β-amino-alcohol motifs (C(OH)–C–C–N with tert-alkyl or cyclic N) is 2. The topological polar surface area (TPSA) is 603 Å². The van der Waals surface area contributed by atoms with E-state index in [1.54, 1.807) is 112 Å². The number of nitrogens with zero attached hydrogens (tertiary/aromatic N) is 5. The largest absolute Gasteiger partial charge is 0.508 e. The number of nitrogens with two attached hydrogens (primary N) is 4. The lowest BCUT2D eigenvalue weighted by molar-refractivity contribution is -0.152. The van der Waals surface area contributed by atoms with Crippen molar-refractivity contribution in [2.24, 2.45) is 28.9 Å². The first-order chi connectivity index (χ1) is 64.1. The zero-order valence-electron chi connectivity index (χ0n) is 75.6. The number of aldehydes is 1. The highest BCUT2D eigenvalue weighted by atomic mass is 32.2. The molecule has 15 amide bonds. The summed E-state index contributed by atoms with van der Waals surface area (Å²) in [5.74, 6) is -23.5. The van der Waals surface area contributed by atoms with Crippen molar-refractivity contribution in [3.05, 3.63) is 173 Å². The third-order valence-electron chi connectivity index (χ3n) is 23.4. The average molecular weight is 1900 g/mol. The van der Waals surface area contributed by atoms with Gasteiger partial charge in [-0.1, -0.05) is 125 Å². The second-order valence-corrected chi connectivity index (χ2v) is 34.9.